The number of hydrogen-bond acceptors (Lipinski definition) is 4. The van der Waals surface area contributed by atoms with E-state index in [0.29, 0.717) is 27.7 Å². The Morgan fingerprint density at radius 3 is 2.85 bits per heavy atom. The van der Waals surface area contributed by atoms with E-state index in [1.54, 1.807) is 18.2 Å². The zero-order valence-corrected chi connectivity index (χ0v) is 17.7. The number of nitrogens with zero attached hydrogens (tertiary/aromatic N) is 2. The van der Waals surface area contributed by atoms with Gasteiger partial charge in [0.1, 0.15) is 5.75 Å². The van der Waals surface area contributed by atoms with Crippen LogP contribution in [0.5, 0.6) is 5.75 Å². The van der Waals surface area contributed by atoms with Crippen molar-refractivity contribution < 1.29 is 14.3 Å². The Kier molecular flexibility index (Phi) is 6.08. The molecular weight excluding hydrogens is 384 g/mol. The minimum atomic E-state index is -0.363. The lowest BCUT2D eigenvalue weighted by atomic mass is 9.95. The van der Waals surface area contributed by atoms with Gasteiger partial charge in [0.15, 0.2) is 4.80 Å². The zero-order valence-electron chi connectivity index (χ0n) is 16.1. The van der Waals surface area contributed by atoms with Crippen LogP contribution in [0.4, 0.5) is 0 Å². The molecule has 5 nitrogen and oxygen atoms in total. The summed E-state index contributed by atoms with van der Waals surface area (Å²) in [4.78, 5) is 19.1. The number of methoxy groups -OCH3 is 1. The number of rotatable bonds is 4. The van der Waals surface area contributed by atoms with E-state index in [1.807, 2.05) is 4.57 Å². The van der Waals surface area contributed by atoms with Crippen molar-refractivity contribution in [2.75, 3.05) is 13.7 Å². The zero-order chi connectivity index (χ0) is 19.6. The lowest BCUT2D eigenvalue weighted by Crippen LogP contribution is -2.23. The molecule has 1 saturated heterocycles. The molecule has 1 unspecified atom stereocenters. The van der Waals surface area contributed by atoms with Gasteiger partial charge in [-0.3, -0.25) is 4.79 Å². The number of ether oxygens (including phenoxy) is 2. The summed E-state index contributed by atoms with van der Waals surface area (Å²) < 4.78 is 13.1. The summed E-state index contributed by atoms with van der Waals surface area (Å²) >= 11 is 7.60. The monoisotopic (exact) mass is 408 g/mol. The normalized spacial score (nSPS) is 18.1. The van der Waals surface area contributed by atoms with Crippen LogP contribution in [0.15, 0.2) is 29.4 Å². The summed E-state index contributed by atoms with van der Waals surface area (Å²) in [5.74, 6) is 0.101. The van der Waals surface area contributed by atoms with Crippen molar-refractivity contribution in [3.8, 4) is 5.75 Å². The molecule has 1 amide bonds. The molecule has 0 N–H and O–H groups in total. The van der Waals surface area contributed by atoms with Crippen LogP contribution in [0.25, 0.3) is 0 Å². The molecule has 0 aliphatic carbocycles. The number of benzene rings is 1. The topological polar surface area (TPSA) is 52.8 Å². The summed E-state index contributed by atoms with van der Waals surface area (Å²) in [6.45, 7) is 7.96. The molecule has 1 aromatic heterocycles. The number of amides is 1. The first-order chi connectivity index (χ1) is 12.8. The first-order valence-electron chi connectivity index (χ1n) is 9.03. The summed E-state index contributed by atoms with van der Waals surface area (Å²) in [6, 6.07) is 4.97. The lowest BCUT2D eigenvalue weighted by Gasteiger charge is -2.15. The van der Waals surface area contributed by atoms with Crippen LogP contribution >= 0.6 is 22.9 Å². The first-order valence-corrected chi connectivity index (χ1v) is 10.2. The van der Waals surface area contributed by atoms with Crippen molar-refractivity contribution >= 4 is 28.8 Å². The van der Waals surface area contributed by atoms with Crippen molar-refractivity contribution in [1.29, 1.82) is 0 Å². The number of halogens is 1. The summed E-state index contributed by atoms with van der Waals surface area (Å²) in [6.07, 6.45) is 4.37. The Morgan fingerprint density at radius 1 is 1.44 bits per heavy atom. The van der Waals surface area contributed by atoms with E-state index in [9.17, 15) is 4.79 Å². The van der Waals surface area contributed by atoms with E-state index in [2.05, 4.69) is 32.0 Å². The molecule has 3 rings (SSSR count). The lowest BCUT2D eigenvalue weighted by molar-refractivity contribution is 0.0948. The quantitative estimate of drug-likeness (QED) is 0.751. The van der Waals surface area contributed by atoms with Crippen LogP contribution in [0.2, 0.25) is 5.02 Å². The molecule has 0 radical (unpaired) electrons. The van der Waals surface area contributed by atoms with Crippen LogP contribution in [0.3, 0.4) is 0 Å². The molecule has 27 heavy (non-hydrogen) atoms. The Hall–Kier alpha value is -1.63. The minimum Gasteiger partial charge on any atom is -0.496 e. The minimum absolute atomic E-state index is 0.0203. The molecule has 2 heterocycles. The van der Waals surface area contributed by atoms with Gasteiger partial charge in [-0.15, -0.1) is 11.3 Å². The van der Waals surface area contributed by atoms with E-state index < -0.39 is 0 Å². The highest BCUT2D eigenvalue weighted by molar-refractivity contribution is 7.09. The van der Waals surface area contributed by atoms with Crippen LogP contribution in [-0.4, -0.2) is 30.3 Å². The number of hydrogen-bond donors (Lipinski definition) is 0. The molecule has 0 spiro atoms. The molecule has 1 aromatic carbocycles. The van der Waals surface area contributed by atoms with Gasteiger partial charge in [0, 0.05) is 22.7 Å². The highest BCUT2D eigenvalue weighted by atomic mass is 35.5. The fourth-order valence-electron chi connectivity index (χ4n) is 2.95. The largest absolute Gasteiger partial charge is 0.496 e. The number of aromatic nitrogens is 1. The maximum absolute atomic E-state index is 12.9. The predicted molar refractivity (Wildman–Crippen MR) is 108 cm³/mol. The summed E-state index contributed by atoms with van der Waals surface area (Å²) in [7, 11) is 1.53. The van der Waals surface area contributed by atoms with Gasteiger partial charge >= 0.3 is 0 Å². The van der Waals surface area contributed by atoms with Crippen LogP contribution in [-0.2, 0) is 16.7 Å². The fourth-order valence-corrected chi connectivity index (χ4v) is 4.17. The smallest absolute Gasteiger partial charge is 0.283 e. The second kappa shape index (κ2) is 8.17. The molecule has 1 aliphatic rings. The molecule has 1 aliphatic heterocycles. The predicted octanol–water partition coefficient (Wildman–Crippen LogP) is 4.43. The van der Waals surface area contributed by atoms with Gasteiger partial charge in [0.25, 0.3) is 5.91 Å². The van der Waals surface area contributed by atoms with Crippen LogP contribution < -0.4 is 9.54 Å². The Morgan fingerprint density at radius 2 is 2.22 bits per heavy atom. The van der Waals surface area contributed by atoms with Crippen LogP contribution in [0.1, 0.15) is 48.8 Å². The highest BCUT2D eigenvalue weighted by Gasteiger charge is 2.22. The second-order valence-electron chi connectivity index (χ2n) is 7.68. The van der Waals surface area contributed by atoms with E-state index in [0.717, 1.165) is 19.4 Å². The number of carbonyl (C=O) groups excluding carboxylic acids is 1. The molecule has 2 aromatic rings. The van der Waals surface area contributed by atoms with E-state index >= 15 is 0 Å². The SMILES string of the molecule is COc1ccc(Cl)cc1C(=O)N=c1sc(C(C)(C)C)cn1CC1CCCO1. The van der Waals surface area contributed by atoms with Gasteiger partial charge < -0.3 is 14.0 Å². The van der Waals surface area contributed by atoms with Crippen LogP contribution in [0, 0.1) is 0 Å². The fraction of sp³-hybridized carbons (Fsp3) is 0.500. The maximum Gasteiger partial charge on any atom is 0.283 e. The Bertz CT molecular complexity index is 889. The summed E-state index contributed by atoms with van der Waals surface area (Å²) in [5, 5.41) is 0.475. The Balaban J connectivity index is 2.02. The number of thiazole rings is 1. The molecule has 1 fully saturated rings. The molecular formula is C20H25ClN2O3S. The van der Waals surface area contributed by atoms with E-state index in [4.69, 9.17) is 21.1 Å². The third-order valence-electron chi connectivity index (χ3n) is 4.47. The van der Waals surface area contributed by atoms with Gasteiger partial charge in [0.05, 0.1) is 25.3 Å². The van der Waals surface area contributed by atoms with E-state index in [-0.39, 0.29) is 17.4 Å². The Labute approximate surface area is 168 Å². The number of carbonyl (C=O) groups is 1. The third-order valence-corrected chi connectivity index (χ3v) is 6.15. The maximum atomic E-state index is 12.9. The van der Waals surface area contributed by atoms with Gasteiger partial charge in [-0.25, -0.2) is 0 Å². The van der Waals surface area contributed by atoms with Gasteiger partial charge in [-0.1, -0.05) is 32.4 Å². The van der Waals surface area contributed by atoms with Gasteiger partial charge in [-0.2, -0.15) is 4.99 Å². The molecule has 7 heteroatoms. The van der Waals surface area contributed by atoms with Gasteiger partial charge in [0.2, 0.25) is 0 Å². The first kappa shape index (κ1) is 20.1. The van der Waals surface area contributed by atoms with Crippen molar-refractivity contribution in [1.82, 2.24) is 4.57 Å². The summed E-state index contributed by atoms with van der Waals surface area (Å²) in [5.41, 5.74) is 0.340. The van der Waals surface area contributed by atoms with Crippen molar-refractivity contribution in [3.05, 3.63) is 44.7 Å². The highest BCUT2D eigenvalue weighted by Crippen LogP contribution is 2.26. The second-order valence-corrected chi connectivity index (χ2v) is 9.12. The average Bonchev–Trinajstić information content (AvgIpc) is 3.25. The third kappa shape index (κ3) is 4.81. The average molecular weight is 409 g/mol. The van der Waals surface area contributed by atoms with Gasteiger partial charge in [-0.05, 0) is 36.5 Å². The van der Waals surface area contributed by atoms with Crippen molar-refractivity contribution in [2.45, 2.75) is 51.7 Å². The van der Waals surface area contributed by atoms with Crippen molar-refractivity contribution in [3.63, 3.8) is 0 Å². The van der Waals surface area contributed by atoms with Crippen molar-refractivity contribution in [2.24, 2.45) is 4.99 Å². The molecule has 0 bridgehead atoms. The standard InChI is InChI=1S/C20H25ClN2O3S/c1-20(2,3)17-12-23(11-14-6-5-9-26-14)19(27-17)22-18(24)15-10-13(21)7-8-16(15)25-4/h7-8,10,12,14H,5-6,9,11H2,1-4H3. The molecule has 0 saturated carbocycles. The molecule has 146 valence electrons. The molecule has 1 atom stereocenters. The van der Waals surface area contributed by atoms with E-state index in [1.165, 1.54) is 23.3 Å².